The van der Waals surface area contributed by atoms with Gasteiger partial charge in [-0.05, 0) is 60.5 Å². The predicted molar refractivity (Wildman–Crippen MR) is 81.1 cm³/mol. The van der Waals surface area contributed by atoms with Crippen LogP contribution in [0.3, 0.4) is 0 Å². The predicted octanol–water partition coefficient (Wildman–Crippen LogP) is 4.46. The van der Waals surface area contributed by atoms with Gasteiger partial charge in [-0.3, -0.25) is 4.79 Å². The number of hydrogen-bond acceptors (Lipinski definition) is 1. The molecule has 0 unspecified atom stereocenters. The Morgan fingerprint density at radius 3 is 3.00 bits per heavy atom. The summed E-state index contributed by atoms with van der Waals surface area (Å²) >= 11 is 0. The summed E-state index contributed by atoms with van der Waals surface area (Å²) < 4.78 is 0. The Morgan fingerprint density at radius 1 is 1.30 bits per heavy atom. The second-order valence-electron chi connectivity index (χ2n) is 7.72. The fourth-order valence-electron chi connectivity index (χ4n) is 5.70. The van der Waals surface area contributed by atoms with Crippen molar-refractivity contribution in [2.75, 3.05) is 0 Å². The highest BCUT2D eigenvalue weighted by Gasteiger charge is 2.51. The third kappa shape index (κ3) is 1.65. The van der Waals surface area contributed by atoms with Crippen LogP contribution < -0.4 is 0 Å². The van der Waals surface area contributed by atoms with Gasteiger partial charge in [0.15, 0.2) is 5.78 Å². The molecule has 20 heavy (non-hydrogen) atoms. The molecule has 1 heteroatoms. The zero-order valence-corrected chi connectivity index (χ0v) is 12.4. The van der Waals surface area contributed by atoms with Crippen molar-refractivity contribution in [1.82, 2.24) is 0 Å². The summed E-state index contributed by atoms with van der Waals surface area (Å²) in [4.78, 5) is 11.8. The molecule has 0 aromatic rings. The second-order valence-corrected chi connectivity index (χ2v) is 7.72. The normalized spacial score (nSPS) is 46.5. The zero-order valence-electron chi connectivity index (χ0n) is 12.4. The molecule has 0 saturated heterocycles. The standard InChI is InChI=1S/C19H24O/c1-12-10-14(20)11-13-5-6-15-16(18(12)13)7-9-19(2)8-3-4-17(15)19/h5-6,11,15-18H,1,3-4,7-10H2,2H3/t15-,16+,17+,18+,19+/m1/s1. The van der Waals surface area contributed by atoms with E-state index in [1.165, 1.54) is 43.3 Å². The molecule has 4 aliphatic rings. The van der Waals surface area contributed by atoms with Gasteiger partial charge in [0.25, 0.3) is 0 Å². The molecular formula is C19H24O. The van der Waals surface area contributed by atoms with E-state index in [4.69, 9.17) is 0 Å². The minimum atomic E-state index is 0.242. The van der Waals surface area contributed by atoms with Gasteiger partial charge in [0.05, 0.1) is 0 Å². The van der Waals surface area contributed by atoms with Crippen LogP contribution in [0.4, 0.5) is 0 Å². The highest BCUT2D eigenvalue weighted by atomic mass is 16.1. The maximum atomic E-state index is 11.8. The molecule has 0 spiro atoms. The molecule has 4 aliphatic carbocycles. The third-order valence-electron chi connectivity index (χ3n) is 6.63. The number of carbonyl (C=O) groups excluding carboxylic acids is 1. The van der Waals surface area contributed by atoms with Gasteiger partial charge in [0.1, 0.15) is 0 Å². The summed E-state index contributed by atoms with van der Waals surface area (Å²) in [6, 6.07) is 0. The fraction of sp³-hybridized carbons (Fsp3) is 0.632. The molecule has 2 saturated carbocycles. The van der Waals surface area contributed by atoms with Crippen LogP contribution in [0.1, 0.15) is 45.4 Å². The van der Waals surface area contributed by atoms with Crippen LogP contribution in [0, 0.1) is 29.1 Å². The Morgan fingerprint density at radius 2 is 2.15 bits per heavy atom. The van der Waals surface area contributed by atoms with E-state index < -0.39 is 0 Å². The lowest BCUT2D eigenvalue weighted by molar-refractivity contribution is -0.114. The van der Waals surface area contributed by atoms with Crippen LogP contribution in [0.15, 0.2) is 36.0 Å². The van der Waals surface area contributed by atoms with E-state index in [-0.39, 0.29) is 5.78 Å². The molecule has 0 heterocycles. The van der Waals surface area contributed by atoms with Crippen molar-refractivity contribution in [2.24, 2.45) is 29.1 Å². The first-order valence-corrected chi connectivity index (χ1v) is 8.19. The van der Waals surface area contributed by atoms with E-state index in [1.54, 1.807) is 0 Å². The topological polar surface area (TPSA) is 17.1 Å². The Labute approximate surface area is 121 Å². The van der Waals surface area contributed by atoms with Crippen molar-refractivity contribution in [3.8, 4) is 0 Å². The van der Waals surface area contributed by atoms with Gasteiger partial charge in [0, 0.05) is 12.3 Å². The van der Waals surface area contributed by atoms with Gasteiger partial charge in [-0.1, -0.05) is 37.6 Å². The van der Waals surface area contributed by atoms with E-state index in [0.717, 1.165) is 11.8 Å². The molecule has 0 amide bonds. The molecule has 0 N–H and O–H groups in total. The minimum Gasteiger partial charge on any atom is -0.294 e. The largest absolute Gasteiger partial charge is 0.294 e. The maximum Gasteiger partial charge on any atom is 0.160 e. The second kappa shape index (κ2) is 4.19. The average molecular weight is 268 g/mol. The molecule has 2 fully saturated rings. The SMILES string of the molecule is C=C1CC(=O)C=C2C=C[C@@H]3[C@H](CC[C@]4(C)CCC[C@@H]34)[C@@H]12. The van der Waals surface area contributed by atoms with E-state index in [1.807, 2.05) is 6.08 Å². The van der Waals surface area contributed by atoms with Crippen LogP contribution in [0.25, 0.3) is 0 Å². The first kappa shape index (κ1) is 12.6. The molecule has 0 aromatic carbocycles. The minimum absolute atomic E-state index is 0.242. The van der Waals surface area contributed by atoms with Gasteiger partial charge in [-0.25, -0.2) is 0 Å². The van der Waals surface area contributed by atoms with Crippen LogP contribution in [-0.2, 0) is 4.79 Å². The third-order valence-corrected chi connectivity index (χ3v) is 6.63. The van der Waals surface area contributed by atoms with Gasteiger partial charge in [0.2, 0.25) is 0 Å². The molecule has 5 atom stereocenters. The van der Waals surface area contributed by atoms with Crippen LogP contribution in [0.2, 0.25) is 0 Å². The summed E-state index contributed by atoms with van der Waals surface area (Å²) in [5.74, 6) is 3.01. The van der Waals surface area contributed by atoms with Crippen molar-refractivity contribution in [2.45, 2.75) is 45.4 Å². The summed E-state index contributed by atoms with van der Waals surface area (Å²) in [5, 5.41) is 0. The molecule has 0 aliphatic heterocycles. The number of ketones is 1. The van der Waals surface area contributed by atoms with Crippen molar-refractivity contribution in [3.63, 3.8) is 0 Å². The highest BCUT2D eigenvalue weighted by Crippen LogP contribution is 2.60. The summed E-state index contributed by atoms with van der Waals surface area (Å²) in [6.07, 6.45) is 14.1. The molecule has 0 radical (unpaired) electrons. The molecule has 0 aromatic heterocycles. The molecule has 0 bridgehead atoms. The van der Waals surface area contributed by atoms with E-state index in [2.05, 4.69) is 25.7 Å². The lowest BCUT2D eigenvalue weighted by Crippen LogP contribution is -2.43. The Bertz CT molecular complexity index is 538. The first-order chi connectivity index (χ1) is 9.58. The molecule has 4 rings (SSSR count). The van der Waals surface area contributed by atoms with Crippen molar-refractivity contribution >= 4 is 5.78 Å². The number of fused-ring (bicyclic) bond motifs is 5. The van der Waals surface area contributed by atoms with E-state index in [0.29, 0.717) is 23.7 Å². The van der Waals surface area contributed by atoms with Crippen molar-refractivity contribution in [3.05, 3.63) is 36.0 Å². The maximum absolute atomic E-state index is 11.8. The van der Waals surface area contributed by atoms with Gasteiger partial charge >= 0.3 is 0 Å². The van der Waals surface area contributed by atoms with Crippen molar-refractivity contribution in [1.29, 1.82) is 0 Å². The number of carbonyl (C=O) groups is 1. The lowest BCUT2D eigenvalue weighted by Gasteiger charge is -2.50. The summed E-state index contributed by atoms with van der Waals surface area (Å²) in [7, 11) is 0. The summed E-state index contributed by atoms with van der Waals surface area (Å²) in [5.41, 5.74) is 3.00. The number of rotatable bonds is 0. The summed E-state index contributed by atoms with van der Waals surface area (Å²) in [6.45, 7) is 6.76. The molecule has 106 valence electrons. The van der Waals surface area contributed by atoms with E-state index in [9.17, 15) is 4.79 Å². The van der Waals surface area contributed by atoms with Gasteiger partial charge in [-0.2, -0.15) is 0 Å². The molecular weight excluding hydrogens is 244 g/mol. The van der Waals surface area contributed by atoms with E-state index >= 15 is 0 Å². The van der Waals surface area contributed by atoms with Crippen LogP contribution >= 0.6 is 0 Å². The number of allylic oxidation sites excluding steroid dienone is 5. The van der Waals surface area contributed by atoms with Gasteiger partial charge < -0.3 is 0 Å². The molecule has 1 nitrogen and oxygen atoms in total. The quantitative estimate of drug-likeness (QED) is 0.593. The number of hydrogen-bond donors (Lipinski definition) is 0. The average Bonchev–Trinajstić information content (AvgIpc) is 2.79. The zero-order chi connectivity index (χ0) is 13.9. The monoisotopic (exact) mass is 268 g/mol. The van der Waals surface area contributed by atoms with Crippen LogP contribution in [-0.4, -0.2) is 5.78 Å². The smallest absolute Gasteiger partial charge is 0.160 e. The highest BCUT2D eigenvalue weighted by molar-refractivity contribution is 5.94. The Balaban J connectivity index is 1.74. The fourth-order valence-corrected chi connectivity index (χ4v) is 5.70. The first-order valence-electron chi connectivity index (χ1n) is 8.19. The van der Waals surface area contributed by atoms with Crippen molar-refractivity contribution < 1.29 is 4.79 Å². The Hall–Kier alpha value is -1.11. The lowest BCUT2D eigenvalue weighted by atomic mass is 9.54. The van der Waals surface area contributed by atoms with Crippen LogP contribution in [0.5, 0.6) is 0 Å². The van der Waals surface area contributed by atoms with Gasteiger partial charge in [-0.15, -0.1) is 0 Å². The Kier molecular flexibility index (Phi) is 2.64.